The van der Waals surface area contributed by atoms with E-state index in [0.717, 1.165) is 32.5 Å². The molecular weight excluding hydrogens is 416 g/mol. The lowest BCUT2D eigenvalue weighted by Gasteiger charge is -2.47. The van der Waals surface area contributed by atoms with E-state index < -0.39 is 0 Å². The highest BCUT2D eigenvalue weighted by Crippen LogP contribution is 2.47. The Morgan fingerprint density at radius 2 is 1.56 bits per heavy atom. The van der Waals surface area contributed by atoms with Gasteiger partial charge >= 0.3 is 0 Å². The molecule has 4 heteroatoms. The average Bonchev–Trinajstić information content (AvgIpc) is 3.44. The number of hydrogen-bond donors (Lipinski definition) is 2. The van der Waals surface area contributed by atoms with Crippen LogP contribution in [0.3, 0.4) is 0 Å². The van der Waals surface area contributed by atoms with Crippen LogP contribution in [0.2, 0.25) is 0 Å². The topological polar surface area (TPSA) is 38.1 Å². The van der Waals surface area contributed by atoms with Crippen LogP contribution in [0.1, 0.15) is 47.4 Å². The van der Waals surface area contributed by atoms with Crippen LogP contribution in [0.25, 0.3) is 21.8 Å². The van der Waals surface area contributed by atoms with E-state index in [0.29, 0.717) is 23.9 Å². The van der Waals surface area contributed by atoms with Gasteiger partial charge in [-0.15, -0.1) is 6.58 Å². The SMILES string of the molecule is C=C[C@H]1CN2CCc3c([nH]c4ccccc34)[C@@H]2C[C@@H]1CC1c2[nH]c3ccccc3c2CCN1C. The molecule has 2 aromatic carbocycles. The molecule has 0 spiro atoms. The lowest BCUT2D eigenvalue weighted by atomic mass is 9.74. The minimum atomic E-state index is 0.445. The first-order chi connectivity index (χ1) is 16.7. The van der Waals surface area contributed by atoms with Gasteiger partial charge in [-0.05, 0) is 67.8 Å². The fourth-order valence-electron chi connectivity index (χ4n) is 7.30. The first-order valence-corrected chi connectivity index (χ1v) is 13.0. The number of nitrogens with zero attached hydrogens (tertiary/aromatic N) is 2. The standard InChI is InChI=1S/C30H34N4/c1-3-19-18-34-15-13-24-22-9-5-7-11-26(22)32-30(24)28(34)17-20(19)16-27-29-23(12-14-33(27)2)21-8-4-6-10-25(21)31-29/h3-11,19-20,27-28,31-32H,1,12-18H2,2H3/t19-,20-,27?,28-/m0/s1. The third-order valence-electron chi connectivity index (χ3n) is 9.10. The maximum Gasteiger partial charge on any atom is 0.0504 e. The summed E-state index contributed by atoms with van der Waals surface area (Å²) >= 11 is 0. The van der Waals surface area contributed by atoms with E-state index in [-0.39, 0.29) is 0 Å². The molecule has 1 saturated heterocycles. The molecule has 174 valence electrons. The molecule has 2 N–H and O–H groups in total. The van der Waals surface area contributed by atoms with E-state index in [1.165, 1.54) is 46.0 Å². The average molecular weight is 451 g/mol. The largest absolute Gasteiger partial charge is 0.357 e. The maximum atomic E-state index is 4.29. The van der Waals surface area contributed by atoms with E-state index in [1.807, 2.05) is 0 Å². The van der Waals surface area contributed by atoms with E-state index in [9.17, 15) is 0 Å². The zero-order valence-electron chi connectivity index (χ0n) is 20.1. The minimum absolute atomic E-state index is 0.445. The number of aromatic nitrogens is 2. The molecule has 4 aromatic rings. The van der Waals surface area contributed by atoms with Crippen LogP contribution >= 0.6 is 0 Å². The highest BCUT2D eigenvalue weighted by Gasteiger charge is 2.41. The predicted octanol–water partition coefficient (Wildman–Crippen LogP) is 5.99. The van der Waals surface area contributed by atoms with Gasteiger partial charge in [0.2, 0.25) is 0 Å². The first-order valence-electron chi connectivity index (χ1n) is 13.0. The van der Waals surface area contributed by atoms with Crippen molar-refractivity contribution in [3.05, 3.63) is 83.7 Å². The molecule has 0 bridgehead atoms. The summed E-state index contributed by atoms with van der Waals surface area (Å²) in [5.74, 6) is 1.17. The summed E-state index contributed by atoms with van der Waals surface area (Å²) in [6, 6.07) is 18.6. The molecule has 3 aliphatic heterocycles. The van der Waals surface area contributed by atoms with Crippen LogP contribution in [0.5, 0.6) is 0 Å². The Balaban J connectivity index is 1.23. The fourth-order valence-corrected chi connectivity index (χ4v) is 7.30. The van der Waals surface area contributed by atoms with Crippen molar-refractivity contribution in [1.82, 2.24) is 19.8 Å². The summed E-state index contributed by atoms with van der Waals surface area (Å²) < 4.78 is 0. The Morgan fingerprint density at radius 3 is 2.29 bits per heavy atom. The number of likely N-dealkylation sites (N-methyl/N-ethyl adjacent to an activating group) is 1. The molecule has 0 amide bonds. The van der Waals surface area contributed by atoms with E-state index in [4.69, 9.17) is 0 Å². The normalized spacial score (nSPS) is 27.4. The maximum absolute atomic E-state index is 4.29. The Bertz CT molecular complexity index is 1380. The number of nitrogens with one attached hydrogen (secondary N) is 2. The molecule has 2 aromatic heterocycles. The van der Waals surface area contributed by atoms with E-state index in [1.54, 1.807) is 11.1 Å². The highest BCUT2D eigenvalue weighted by molar-refractivity contribution is 5.86. The molecule has 0 saturated carbocycles. The van der Waals surface area contributed by atoms with Crippen LogP contribution < -0.4 is 0 Å². The molecule has 0 radical (unpaired) electrons. The van der Waals surface area contributed by atoms with Crippen molar-refractivity contribution in [3.8, 4) is 0 Å². The van der Waals surface area contributed by atoms with Gasteiger partial charge < -0.3 is 9.97 Å². The molecule has 4 atom stereocenters. The molecule has 3 aliphatic rings. The Labute approximate surface area is 201 Å². The second-order valence-corrected chi connectivity index (χ2v) is 10.8. The summed E-state index contributed by atoms with van der Waals surface area (Å²) in [6.07, 6.45) is 6.92. The molecular formula is C30H34N4. The Kier molecular flexibility index (Phi) is 4.75. The van der Waals surface area contributed by atoms with Gasteiger partial charge in [0.05, 0.1) is 12.1 Å². The number of hydrogen-bond acceptors (Lipinski definition) is 2. The van der Waals surface area contributed by atoms with Crippen LogP contribution in [0, 0.1) is 11.8 Å². The molecule has 1 fully saturated rings. The van der Waals surface area contributed by atoms with Gasteiger partial charge in [0.1, 0.15) is 0 Å². The monoisotopic (exact) mass is 450 g/mol. The van der Waals surface area contributed by atoms with E-state index in [2.05, 4.69) is 88.0 Å². The third kappa shape index (κ3) is 3.05. The Morgan fingerprint density at radius 1 is 0.912 bits per heavy atom. The van der Waals surface area contributed by atoms with Crippen molar-refractivity contribution in [2.75, 3.05) is 26.7 Å². The van der Waals surface area contributed by atoms with Crippen molar-refractivity contribution in [2.24, 2.45) is 11.8 Å². The van der Waals surface area contributed by atoms with Crippen LogP contribution in [-0.2, 0) is 12.8 Å². The predicted molar refractivity (Wildman–Crippen MR) is 140 cm³/mol. The quantitative estimate of drug-likeness (QED) is 0.376. The van der Waals surface area contributed by atoms with Gasteiger partial charge in [0.25, 0.3) is 0 Å². The van der Waals surface area contributed by atoms with Gasteiger partial charge in [-0.3, -0.25) is 9.80 Å². The van der Waals surface area contributed by atoms with Crippen molar-refractivity contribution >= 4 is 21.8 Å². The van der Waals surface area contributed by atoms with Crippen molar-refractivity contribution in [2.45, 2.75) is 37.8 Å². The van der Waals surface area contributed by atoms with Crippen molar-refractivity contribution in [1.29, 1.82) is 0 Å². The minimum Gasteiger partial charge on any atom is -0.357 e. The number of rotatable bonds is 3. The lowest BCUT2D eigenvalue weighted by Crippen LogP contribution is -2.46. The van der Waals surface area contributed by atoms with Gasteiger partial charge in [0, 0.05) is 52.8 Å². The van der Waals surface area contributed by atoms with Gasteiger partial charge in [0.15, 0.2) is 0 Å². The van der Waals surface area contributed by atoms with Crippen LogP contribution in [-0.4, -0.2) is 46.4 Å². The van der Waals surface area contributed by atoms with Gasteiger partial charge in [-0.1, -0.05) is 42.5 Å². The third-order valence-corrected chi connectivity index (χ3v) is 9.10. The molecule has 5 heterocycles. The van der Waals surface area contributed by atoms with Crippen molar-refractivity contribution < 1.29 is 0 Å². The highest BCUT2D eigenvalue weighted by atomic mass is 15.2. The fraction of sp³-hybridized carbons (Fsp3) is 0.400. The smallest absolute Gasteiger partial charge is 0.0504 e. The Hall–Kier alpha value is -2.82. The zero-order chi connectivity index (χ0) is 22.8. The summed E-state index contributed by atoms with van der Waals surface area (Å²) in [4.78, 5) is 13.0. The molecule has 0 aliphatic carbocycles. The number of para-hydroxylation sites is 2. The first kappa shape index (κ1) is 20.5. The number of aromatic amines is 2. The second kappa shape index (κ2) is 7.86. The summed E-state index contributed by atoms with van der Waals surface area (Å²) in [5.41, 5.74) is 8.62. The second-order valence-electron chi connectivity index (χ2n) is 10.8. The summed E-state index contributed by atoms with van der Waals surface area (Å²) in [7, 11) is 2.31. The molecule has 34 heavy (non-hydrogen) atoms. The summed E-state index contributed by atoms with van der Waals surface area (Å²) in [6.45, 7) is 7.71. The van der Waals surface area contributed by atoms with Crippen molar-refractivity contribution in [3.63, 3.8) is 0 Å². The van der Waals surface area contributed by atoms with Gasteiger partial charge in [-0.25, -0.2) is 0 Å². The zero-order valence-corrected chi connectivity index (χ0v) is 20.1. The lowest BCUT2D eigenvalue weighted by molar-refractivity contribution is 0.0515. The number of piperidine rings is 1. The van der Waals surface area contributed by atoms with E-state index >= 15 is 0 Å². The van der Waals surface area contributed by atoms with Crippen LogP contribution in [0.15, 0.2) is 61.2 Å². The number of benzene rings is 2. The molecule has 4 nitrogen and oxygen atoms in total. The van der Waals surface area contributed by atoms with Crippen LogP contribution in [0.4, 0.5) is 0 Å². The summed E-state index contributed by atoms with van der Waals surface area (Å²) in [5, 5.41) is 2.84. The number of fused-ring (bicyclic) bond motifs is 8. The molecule has 1 unspecified atom stereocenters. The molecule has 7 rings (SSSR count). The van der Waals surface area contributed by atoms with Gasteiger partial charge in [-0.2, -0.15) is 0 Å². The number of H-pyrrole nitrogens is 2.